The van der Waals surface area contributed by atoms with Crippen LogP contribution in [0.15, 0.2) is 42.5 Å². The molecule has 0 saturated heterocycles. The Kier molecular flexibility index (Phi) is 5.61. The van der Waals surface area contributed by atoms with Crippen molar-refractivity contribution in [3.05, 3.63) is 79.4 Å². The maximum Gasteiger partial charge on any atom is 0.331 e. The van der Waals surface area contributed by atoms with E-state index in [0.717, 1.165) is 6.08 Å². The fourth-order valence-corrected chi connectivity index (χ4v) is 2.56. The number of nitrogens with zero attached hydrogens (tertiary/aromatic N) is 2. The number of hydrogen-bond acceptors (Lipinski definition) is 8. The third-order valence-corrected chi connectivity index (χ3v) is 3.87. The molecule has 1 aliphatic rings. The molecule has 0 atom stereocenters. The van der Waals surface area contributed by atoms with Gasteiger partial charge in [0.25, 0.3) is 11.4 Å². The number of hydrogen-bond donors (Lipinski definition) is 0. The van der Waals surface area contributed by atoms with Gasteiger partial charge in [0, 0.05) is 41.5 Å². The zero-order valence-electron chi connectivity index (χ0n) is 14.4. The van der Waals surface area contributed by atoms with Crippen molar-refractivity contribution in [1.82, 2.24) is 0 Å². The summed E-state index contributed by atoms with van der Waals surface area (Å²) >= 11 is 0. The van der Waals surface area contributed by atoms with Crippen LogP contribution >= 0.6 is 0 Å². The van der Waals surface area contributed by atoms with E-state index in [1.807, 2.05) is 0 Å². The van der Waals surface area contributed by atoms with Crippen molar-refractivity contribution in [2.75, 3.05) is 6.79 Å². The lowest BCUT2D eigenvalue weighted by atomic mass is 10.1. The van der Waals surface area contributed by atoms with E-state index in [4.69, 9.17) is 14.2 Å². The van der Waals surface area contributed by atoms with Crippen LogP contribution in [0.5, 0.6) is 5.75 Å². The van der Waals surface area contributed by atoms with Crippen LogP contribution in [0.4, 0.5) is 11.4 Å². The van der Waals surface area contributed by atoms with Crippen molar-refractivity contribution >= 4 is 23.4 Å². The molecule has 1 heterocycles. The Hall–Kier alpha value is -3.79. The zero-order valence-corrected chi connectivity index (χ0v) is 14.4. The first-order chi connectivity index (χ1) is 13.4. The maximum atomic E-state index is 11.9. The van der Waals surface area contributed by atoms with Crippen LogP contribution in [0.1, 0.15) is 16.7 Å². The van der Waals surface area contributed by atoms with Gasteiger partial charge in [-0.25, -0.2) is 4.79 Å². The highest BCUT2D eigenvalue weighted by atomic mass is 16.7. The van der Waals surface area contributed by atoms with E-state index >= 15 is 0 Å². The Balaban J connectivity index is 1.68. The van der Waals surface area contributed by atoms with Crippen molar-refractivity contribution < 1.29 is 28.9 Å². The molecule has 0 amide bonds. The number of ether oxygens (including phenoxy) is 3. The molecule has 0 aliphatic carbocycles. The number of benzene rings is 2. The minimum Gasteiger partial charge on any atom is -0.467 e. The summed E-state index contributed by atoms with van der Waals surface area (Å²) in [5.74, 6) is -0.269. The van der Waals surface area contributed by atoms with Crippen molar-refractivity contribution in [2.45, 2.75) is 13.2 Å². The first kappa shape index (κ1) is 19.0. The number of rotatable bonds is 6. The minimum absolute atomic E-state index is 0.00576. The molecule has 0 aromatic heterocycles. The van der Waals surface area contributed by atoms with Crippen molar-refractivity contribution in [3.63, 3.8) is 0 Å². The fraction of sp³-hybridized carbons (Fsp3) is 0.167. The fourth-order valence-electron chi connectivity index (χ4n) is 2.56. The van der Waals surface area contributed by atoms with E-state index in [0.29, 0.717) is 22.4 Å². The molecule has 10 heteroatoms. The summed E-state index contributed by atoms with van der Waals surface area (Å²) in [5.41, 5.74) is 1.24. The Bertz CT molecular complexity index is 953. The molecule has 2 aromatic carbocycles. The molecule has 0 spiro atoms. The van der Waals surface area contributed by atoms with E-state index < -0.39 is 15.8 Å². The molecule has 0 saturated carbocycles. The Morgan fingerprint density at radius 3 is 2.50 bits per heavy atom. The van der Waals surface area contributed by atoms with Crippen LogP contribution in [0.3, 0.4) is 0 Å². The molecule has 28 heavy (non-hydrogen) atoms. The van der Waals surface area contributed by atoms with Crippen molar-refractivity contribution in [1.29, 1.82) is 0 Å². The smallest absolute Gasteiger partial charge is 0.331 e. The summed E-state index contributed by atoms with van der Waals surface area (Å²) in [5, 5.41) is 21.7. The van der Waals surface area contributed by atoms with Gasteiger partial charge in [-0.1, -0.05) is 0 Å². The second-order valence-electron chi connectivity index (χ2n) is 5.75. The third-order valence-electron chi connectivity index (χ3n) is 3.87. The van der Waals surface area contributed by atoms with Gasteiger partial charge in [-0.05, 0) is 23.8 Å². The summed E-state index contributed by atoms with van der Waals surface area (Å²) in [6.45, 7) is -0.0444. The van der Waals surface area contributed by atoms with Crippen molar-refractivity contribution in [3.8, 4) is 5.75 Å². The summed E-state index contributed by atoms with van der Waals surface area (Å²) in [7, 11) is 0. The molecule has 0 unspecified atom stereocenters. The number of esters is 1. The lowest BCUT2D eigenvalue weighted by Crippen LogP contribution is -2.14. The number of non-ortho nitro benzene ring substituents is 2. The summed E-state index contributed by atoms with van der Waals surface area (Å²) in [4.78, 5) is 32.6. The number of carbonyl (C=O) groups excluding carboxylic acids is 1. The van der Waals surface area contributed by atoms with Crippen LogP contribution in [-0.4, -0.2) is 22.6 Å². The highest BCUT2D eigenvalue weighted by molar-refractivity contribution is 5.87. The molecule has 144 valence electrons. The number of fused-ring (bicyclic) bond motifs is 1. The number of nitro benzene ring substituents is 2. The van der Waals surface area contributed by atoms with Gasteiger partial charge in [0.15, 0.2) is 6.79 Å². The van der Waals surface area contributed by atoms with Crippen LogP contribution in [0.2, 0.25) is 0 Å². The largest absolute Gasteiger partial charge is 0.467 e. The van der Waals surface area contributed by atoms with E-state index in [2.05, 4.69) is 0 Å². The molecule has 0 bridgehead atoms. The average Bonchev–Trinajstić information content (AvgIpc) is 2.70. The van der Waals surface area contributed by atoms with E-state index in [1.165, 1.54) is 42.5 Å². The first-order valence-electron chi connectivity index (χ1n) is 8.04. The molecule has 1 aliphatic heterocycles. The minimum atomic E-state index is -0.675. The topological polar surface area (TPSA) is 131 Å². The lowest BCUT2D eigenvalue weighted by Gasteiger charge is -2.20. The van der Waals surface area contributed by atoms with Gasteiger partial charge in [0.2, 0.25) is 0 Å². The first-order valence-corrected chi connectivity index (χ1v) is 8.04. The molecule has 0 radical (unpaired) electrons. The van der Waals surface area contributed by atoms with Gasteiger partial charge in [-0.2, -0.15) is 0 Å². The molecule has 0 fully saturated rings. The highest BCUT2D eigenvalue weighted by Crippen LogP contribution is 2.33. The molecule has 10 nitrogen and oxygen atoms in total. The molecule has 2 aromatic rings. The normalized spacial score (nSPS) is 12.9. The second kappa shape index (κ2) is 8.27. The predicted molar refractivity (Wildman–Crippen MR) is 95.3 cm³/mol. The molecule has 3 rings (SSSR count). The summed E-state index contributed by atoms with van der Waals surface area (Å²) in [6.07, 6.45) is 2.61. The zero-order chi connectivity index (χ0) is 20.1. The SMILES string of the molecule is O=C(/C=C/c1ccc([N+](=O)[O-])cc1)OCc1cc([N+](=O)[O-])cc2c1OCOC2. The van der Waals surface area contributed by atoms with E-state index in [1.54, 1.807) is 0 Å². The van der Waals surface area contributed by atoms with Crippen LogP contribution in [0, 0.1) is 20.2 Å². The van der Waals surface area contributed by atoms with Crippen LogP contribution in [0.25, 0.3) is 6.08 Å². The Morgan fingerprint density at radius 1 is 1.11 bits per heavy atom. The van der Waals surface area contributed by atoms with Gasteiger partial charge >= 0.3 is 5.97 Å². The summed E-state index contributed by atoms with van der Waals surface area (Å²) in [6, 6.07) is 8.27. The van der Waals surface area contributed by atoms with Crippen molar-refractivity contribution in [2.24, 2.45) is 0 Å². The molecule has 0 N–H and O–H groups in total. The predicted octanol–water partition coefficient (Wildman–Crippen LogP) is 3.13. The monoisotopic (exact) mass is 386 g/mol. The van der Waals surface area contributed by atoms with Gasteiger partial charge in [-0.3, -0.25) is 20.2 Å². The highest BCUT2D eigenvalue weighted by Gasteiger charge is 2.21. The molecular weight excluding hydrogens is 372 g/mol. The quantitative estimate of drug-likeness (QED) is 0.320. The van der Waals surface area contributed by atoms with Gasteiger partial charge in [-0.15, -0.1) is 0 Å². The molecular formula is C18H14N2O8. The Labute approximate surface area is 158 Å². The van der Waals surface area contributed by atoms with Gasteiger partial charge in [0.05, 0.1) is 16.5 Å². The summed E-state index contributed by atoms with van der Waals surface area (Å²) < 4.78 is 15.6. The van der Waals surface area contributed by atoms with Gasteiger partial charge < -0.3 is 14.2 Å². The second-order valence-corrected chi connectivity index (χ2v) is 5.75. The maximum absolute atomic E-state index is 11.9. The third kappa shape index (κ3) is 4.48. The van der Waals surface area contributed by atoms with Gasteiger partial charge in [0.1, 0.15) is 12.4 Å². The standard InChI is InChI=1S/C18H14N2O8/c21-17(6-3-12-1-4-15(5-2-12)19(22)23)27-10-14-8-16(20(24)25)7-13-9-26-11-28-18(13)14/h1-8H,9-11H2/b6-3+. The van der Waals surface area contributed by atoms with Crippen LogP contribution in [-0.2, 0) is 27.5 Å². The van der Waals surface area contributed by atoms with E-state index in [-0.39, 0.29) is 31.4 Å². The number of carbonyl (C=O) groups is 1. The van der Waals surface area contributed by atoms with Crippen LogP contribution < -0.4 is 4.74 Å². The lowest BCUT2D eigenvalue weighted by molar-refractivity contribution is -0.385. The van der Waals surface area contributed by atoms with E-state index in [9.17, 15) is 25.0 Å². The Morgan fingerprint density at radius 2 is 1.82 bits per heavy atom. The average molecular weight is 386 g/mol. The number of nitro groups is 2.